The zero-order valence-corrected chi connectivity index (χ0v) is 7.10. The molecule has 0 bridgehead atoms. The van der Waals surface area contributed by atoms with Crippen LogP contribution < -0.4 is 5.43 Å². The van der Waals surface area contributed by atoms with Gasteiger partial charge in [0.2, 0.25) is 0 Å². The Morgan fingerprint density at radius 2 is 2.09 bits per heavy atom. The molecular formula is C8H16N2O. The normalized spacial score (nSPS) is 31.4. The second-order valence-corrected chi connectivity index (χ2v) is 3.80. The van der Waals surface area contributed by atoms with Gasteiger partial charge in [0.05, 0.1) is 0 Å². The topological polar surface area (TPSA) is 24.5 Å². The lowest BCUT2D eigenvalue weighted by molar-refractivity contribution is 0.0259. The minimum Gasteiger partial charge on any atom is -0.381 e. The van der Waals surface area contributed by atoms with Gasteiger partial charge in [-0.2, -0.15) is 0 Å². The lowest BCUT2D eigenvalue weighted by atomic mass is 9.81. The van der Waals surface area contributed by atoms with E-state index >= 15 is 0 Å². The van der Waals surface area contributed by atoms with Crippen LogP contribution in [-0.2, 0) is 4.74 Å². The second kappa shape index (κ2) is 2.73. The van der Waals surface area contributed by atoms with Gasteiger partial charge >= 0.3 is 0 Å². The monoisotopic (exact) mass is 156 g/mol. The maximum absolute atomic E-state index is 5.35. The smallest absolute Gasteiger partial charge is 0.0472 e. The summed E-state index contributed by atoms with van der Waals surface area (Å²) in [5, 5.41) is 2.20. The van der Waals surface area contributed by atoms with Gasteiger partial charge in [-0.25, -0.2) is 5.01 Å². The van der Waals surface area contributed by atoms with Crippen molar-refractivity contribution in [3.05, 3.63) is 0 Å². The molecule has 2 heterocycles. The minimum absolute atomic E-state index is 0.535. The molecule has 3 nitrogen and oxygen atoms in total. The number of hydrogen-bond acceptors (Lipinski definition) is 3. The summed E-state index contributed by atoms with van der Waals surface area (Å²) in [7, 11) is 2.12. The summed E-state index contributed by atoms with van der Waals surface area (Å²) in [4.78, 5) is 0. The van der Waals surface area contributed by atoms with Crippen molar-refractivity contribution in [2.24, 2.45) is 5.41 Å². The van der Waals surface area contributed by atoms with E-state index in [0.29, 0.717) is 5.41 Å². The third-order valence-corrected chi connectivity index (χ3v) is 2.85. The summed E-state index contributed by atoms with van der Waals surface area (Å²) in [6.45, 7) is 4.24. The molecule has 0 aliphatic carbocycles. The molecule has 0 atom stereocenters. The molecule has 0 aromatic carbocycles. The molecule has 0 amide bonds. The molecule has 2 saturated heterocycles. The SMILES string of the molecule is CN1CC2(CCOCC2)CN1. The molecule has 3 heteroatoms. The predicted molar refractivity (Wildman–Crippen MR) is 43.1 cm³/mol. The van der Waals surface area contributed by atoms with Gasteiger partial charge in [-0.1, -0.05) is 0 Å². The first-order valence-corrected chi connectivity index (χ1v) is 4.33. The summed E-state index contributed by atoms with van der Waals surface area (Å²) in [6.07, 6.45) is 2.45. The summed E-state index contributed by atoms with van der Waals surface area (Å²) in [6, 6.07) is 0. The molecule has 1 spiro atoms. The van der Waals surface area contributed by atoms with Crippen LogP contribution >= 0.6 is 0 Å². The predicted octanol–water partition coefficient (Wildman–Crippen LogP) is 0.233. The van der Waals surface area contributed by atoms with E-state index in [1.807, 2.05) is 0 Å². The van der Waals surface area contributed by atoms with Gasteiger partial charge in [-0.3, -0.25) is 5.43 Å². The molecule has 1 N–H and O–H groups in total. The molecule has 2 aliphatic rings. The molecule has 2 fully saturated rings. The summed E-state index contributed by atoms with van der Waals surface area (Å²) >= 11 is 0. The number of nitrogens with zero attached hydrogens (tertiary/aromatic N) is 1. The van der Waals surface area contributed by atoms with Crippen LogP contribution in [0.3, 0.4) is 0 Å². The number of nitrogens with one attached hydrogen (secondary N) is 1. The van der Waals surface area contributed by atoms with Crippen molar-refractivity contribution in [1.82, 2.24) is 10.4 Å². The van der Waals surface area contributed by atoms with Crippen LogP contribution in [0.25, 0.3) is 0 Å². The molecule has 2 rings (SSSR count). The second-order valence-electron chi connectivity index (χ2n) is 3.80. The highest BCUT2D eigenvalue weighted by atomic mass is 16.5. The highest BCUT2D eigenvalue weighted by molar-refractivity contribution is 4.89. The summed E-state index contributed by atoms with van der Waals surface area (Å²) in [5.74, 6) is 0. The van der Waals surface area contributed by atoms with Crippen molar-refractivity contribution >= 4 is 0 Å². The maximum Gasteiger partial charge on any atom is 0.0472 e. The Hall–Kier alpha value is -0.120. The fraction of sp³-hybridized carbons (Fsp3) is 1.00. The Kier molecular flexibility index (Phi) is 1.87. The standard InChI is InChI=1S/C8H16N2O/c1-10-7-8(6-9-10)2-4-11-5-3-8/h9H,2-7H2,1H3. The van der Waals surface area contributed by atoms with Gasteiger partial charge in [-0.05, 0) is 12.8 Å². The van der Waals surface area contributed by atoms with Crippen LogP contribution in [0.2, 0.25) is 0 Å². The first-order chi connectivity index (χ1) is 5.31. The third kappa shape index (κ3) is 1.41. The van der Waals surface area contributed by atoms with E-state index in [9.17, 15) is 0 Å². The van der Waals surface area contributed by atoms with E-state index in [1.54, 1.807) is 0 Å². The van der Waals surface area contributed by atoms with Gasteiger partial charge < -0.3 is 4.74 Å². The number of ether oxygens (including phenoxy) is 1. The number of rotatable bonds is 0. The van der Waals surface area contributed by atoms with E-state index in [-0.39, 0.29) is 0 Å². The maximum atomic E-state index is 5.35. The lowest BCUT2D eigenvalue weighted by Gasteiger charge is -2.31. The largest absolute Gasteiger partial charge is 0.381 e. The molecule has 0 radical (unpaired) electrons. The molecule has 11 heavy (non-hydrogen) atoms. The van der Waals surface area contributed by atoms with Crippen LogP contribution in [0.5, 0.6) is 0 Å². The van der Waals surface area contributed by atoms with Crippen LogP contribution in [0, 0.1) is 5.41 Å². The van der Waals surface area contributed by atoms with Gasteiger partial charge in [-0.15, -0.1) is 0 Å². The Bertz CT molecular complexity index is 138. The van der Waals surface area contributed by atoms with E-state index in [2.05, 4.69) is 17.5 Å². The van der Waals surface area contributed by atoms with E-state index < -0.39 is 0 Å². The quantitative estimate of drug-likeness (QED) is 0.543. The van der Waals surface area contributed by atoms with Gasteiger partial charge in [0.15, 0.2) is 0 Å². The Labute approximate surface area is 67.7 Å². The van der Waals surface area contributed by atoms with E-state index in [4.69, 9.17) is 4.74 Å². The minimum atomic E-state index is 0.535. The average Bonchev–Trinajstić information content (AvgIpc) is 2.34. The third-order valence-electron chi connectivity index (χ3n) is 2.85. The highest BCUT2D eigenvalue weighted by Gasteiger charge is 2.37. The van der Waals surface area contributed by atoms with Crippen LogP contribution in [-0.4, -0.2) is 38.4 Å². The summed E-state index contributed by atoms with van der Waals surface area (Å²) in [5.41, 5.74) is 3.89. The molecular weight excluding hydrogens is 140 g/mol. The van der Waals surface area contributed by atoms with E-state index in [1.165, 1.54) is 19.4 Å². The number of hydrogen-bond donors (Lipinski definition) is 1. The average molecular weight is 156 g/mol. The molecule has 0 aromatic heterocycles. The zero-order valence-electron chi connectivity index (χ0n) is 7.10. The van der Waals surface area contributed by atoms with Crippen LogP contribution in [0.4, 0.5) is 0 Å². The molecule has 0 aromatic rings. The van der Waals surface area contributed by atoms with Gasteiger partial charge in [0, 0.05) is 38.8 Å². The Balaban J connectivity index is 1.98. The van der Waals surface area contributed by atoms with Crippen molar-refractivity contribution in [2.75, 3.05) is 33.4 Å². The van der Waals surface area contributed by atoms with Crippen LogP contribution in [0.1, 0.15) is 12.8 Å². The van der Waals surface area contributed by atoms with Crippen molar-refractivity contribution in [3.63, 3.8) is 0 Å². The Morgan fingerprint density at radius 1 is 1.36 bits per heavy atom. The van der Waals surface area contributed by atoms with Crippen molar-refractivity contribution < 1.29 is 4.74 Å². The molecule has 0 unspecified atom stereocenters. The fourth-order valence-electron chi connectivity index (χ4n) is 2.06. The summed E-state index contributed by atoms with van der Waals surface area (Å²) < 4.78 is 5.35. The van der Waals surface area contributed by atoms with Gasteiger partial charge in [0.1, 0.15) is 0 Å². The van der Waals surface area contributed by atoms with Crippen molar-refractivity contribution in [2.45, 2.75) is 12.8 Å². The number of hydrazine groups is 1. The van der Waals surface area contributed by atoms with E-state index in [0.717, 1.165) is 19.8 Å². The van der Waals surface area contributed by atoms with Gasteiger partial charge in [0.25, 0.3) is 0 Å². The first kappa shape index (κ1) is 7.53. The molecule has 64 valence electrons. The highest BCUT2D eigenvalue weighted by Crippen LogP contribution is 2.33. The lowest BCUT2D eigenvalue weighted by Crippen LogP contribution is -2.33. The Morgan fingerprint density at radius 3 is 2.64 bits per heavy atom. The molecule has 0 saturated carbocycles. The zero-order chi connectivity index (χ0) is 7.73. The van der Waals surface area contributed by atoms with Crippen molar-refractivity contribution in [3.8, 4) is 0 Å². The van der Waals surface area contributed by atoms with Crippen LogP contribution in [0.15, 0.2) is 0 Å². The van der Waals surface area contributed by atoms with Crippen molar-refractivity contribution in [1.29, 1.82) is 0 Å². The fourth-order valence-corrected chi connectivity index (χ4v) is 2.06. The first-order valence-electron chi connectivity index (χ1n) is 4.33. The molecule has 2 aliphatic heterocycles.